The van der Waals surface area contributed by atoms with Gasteiger partial charge in [-0.3, -0.25) is 0 Å². The second-order valence-electron chi connectivity index (χ2n) is 5.86. The van der Waals surface area contributed by atoms with E-state index in [-0.39, 0.29) is 6.29 Å². The lowest BCUT2D eigenvalue weighted by atomic mass is 10.0. The topological polar surface area (TPSA) is 31.6 Å². The first-order valence-electron chi connectivity index (χ1n) is 8.20. The van der Waals surface area contributed by atoms with Crippen molar-refractivity contribution in [1.29, 1.82) is 0 Å². The average molecular weight is 300 g/mol. The largest absolute Gasteiger partial charge is 0.464 e. The zero-order chi connectivity index (χ0) is 15.2. The van der Waals surface area contributed by atoms with Crippen molar-refractivity contribution in [2.75, 3.05) is 13.2 Å². The molecule has 1 atom stereocenters. The van der Waals surface area contributed by atoms with Crippen molar-refractivity contribution in [3.05, 3.63) is 47.7 Å². The number of hydrogen-bond acceptors (Lipinski definition) is 3. The van der Waals surface area contributed by atoms with E-state index in [1.807, 2.05) is 24.5 Å². The molecule has 22 heavy (non-hydrogen) atoms. The minimum absolute atomic E-state index is 0.00721. The van der Waals surface area contributed by atoms with Gasteiger partial charge in [0.2, 0.25) is 0 Å². The van der Waals surface area contributed by atoms with Gasteiger partial charge in [-0.15, -0.1) is 0 Å². The maximum atomic E-state index is 5.81. The number of furan rings is 1. The van der Waals surface area contributed by atoms with E-state index in [2.05, 4.69) is 19.1 Å². The lowest BCUT2D eigenvalue weighted by Gasteiger charge is -2.22. The molecule has 0 bridgehead atoms. The monoisotopic (exact) mass is 300 g/mol. The molecule has 118 valence electrons. The van der Waals surface area contributed by atoms with Crippen LogP contribution in [0.2, 0.25) is 0 Å². The van der Waals surface area contributed by atoms with Gasteiger partial charge in [-0.2, -0.15) is 0 Å². The molecule has 3 heteroatoms. The minimum atomic E-state index is 0.00721. The van der Waals surface area contributed by atoms with E-state index in [4.69, 9.17) is 13.9 Å². The molecule has 2 aromatic rings. The highest BCUT2D eigenvalue weighted by Gasteiger charge is 2.15. The number of benzene rings is 1. The summed E-state index contributed by atoms with van der Waals surface area (Å²) in [6, 6.07) is 10.3. The number of ether oxygens (including phenoxy) is 2. The second kappa shape index (κ2) is 7.61. The van der Waals surface area contributed by atoms with Gasteiger partial charge in [-0.05, 0) is 44.6 Å². The maximum Gasteiger partial charge on any atom is 0.157 e. The summed E-state index contributed by atoms with van der Waals surface area (Å²) in [6.45, 7) is 3.68. The highest BCUT2D eigenvalue weighted by atomic mass is 16.7. The van der Waals surface area contributed by atoms with Crippen LogP contribution in [0.25, 0.3) is 11.3 Å². The summed E-state index contributed by atoms with van der Waals surface area (Å²) in [7, 11) is 0. The second-order valence-corrected chi connectivity index (χ2v) is 5.86. The third kappa shape index (κ3) is 3.79. The Morgan fingerprint density at radius 3 is 2.82 bits per heavy atom. The number of hydrogen-bond donors (Lipinski definition) is 0. The van der Waals surface area contributed by atoms with Gasteiger partial charge in [0, 0.05) is 17.7 Å². The van der Waals surface area contributed by atoms with E-state index >= 15 is 0 Å². The molecular weight excluding hydrogens is 276 g/mol. The lowest BCUT2D eigenvalue weighted by molar-refractivity contribution is -0.162. The summed E-state index contributed by atoms with van der Waals surface area (Å²) < 4.78 is 17.2. The Bertz CT molecular complexity index is 568. The van der Waals surface area contributed by atoms with Crippen LogP contribution in [0.1, 0.15) is 36.8 Å². The SMILES string of the molecule is Cc1coc(-c2ccccc2)c1CCCOC1CCCCO1. The van der Waals surface area contributed by atoms with Crippen molar-refractivity contribution in [3.8, 4) is 11.3 Å². The molecule has 0 saturated carbocycles. The number of rotatable bonds is 6. The molecule has 3 nitrogen and oxygen atoms in total. The van der Waals surface area contributed by atoms with Crippen LogP contribution < -0.4 is 0 Å². The van der Waals surface area contributed by atoms with E-state index in [1.54, 1.807) is 0 Å². The smallest absolute Gasteiger partial charge is 0.157 e. The zero-order valence-corrected chi connectivity index (χ0v) is 13.2. The molecule has 0 N–H and O–H groups in total. The van der Waals surface area contributed by atoms with Gasteiger partial charge < -0.3 is 13.9 Å². The van der Waals surface area contributed by atoms with Crippen LogP contribution >= 0.6 is 0 Å². The average Bonchev–Trinajstić information content (AvgIpc) is 2.94. The third-order valence-corrected chi connectivity index (χ3v) is 4.15. The van der Waals surface area contributed by atoms with Gasteiger partial charge >= 0.3 is 0 Å². The first-order chi connectivity index (χ1) is 10.8. The summed E-state index contributed by atoms with van der Waals surface area (Å²) in [4.78, 5) is 0. The molecule has 0 amide bonds. The van der Waals surface area contributed by atoms with Crippen LogP contribution in [0.15, 0.2) is 41.0 Å². The number of aryl methyl sites for hydroxylation is 1. The zero-order valence-electron chi connectivity index (χ0n) is 13.2. The van der Waals surface area contributed by atoms with E-state index in [9.17, 15) is 0 Å². The third-order valence-electron chi connectivity index (χ3n) is 4.15. The predicted octanol–water partition coefficient (Wildman–Crippen LogP) is 4.73. The van der Waals surface area contributed by atoms with Crippen molar-refractivity contribution < 1.29 is 13.9 Å². The maximum absolute atomic E-state index is 5.81. The van der Waals surface area contributed by atoms with Crippen LogP contribution in [0.3, 0.4) is 0 Å². The fourth-order valence-corrected chi connectivity index (χ4v) is 2.92. The van der Waals surface area contributed by atoms with Crippen molar-refractivity contribution in [1.82, 2.24) is 0 Å². The molecule has 2 heterocycles. The van der Waals surface area contributed by atoms with E-state index in [1.165, 1.54) is 17.5 Å². The molecular formula is C19H24O3. The summed E-state index contributed by atoms with van der Waals surface area (Å²) in [5.41, 5.74) is 3.65. The molecule has 1 aromatic carbocycles. The van der Waals surface area contributed by atoms with Crippen molar-refractivity contribution in [3.63, 3.8) is 0 Å². The summed E-state index contributed by atoms with van der Waals surface area (Å²) >= 11 is 0. The molecule has 3 rings (SSSR count). The quantitative estimate of drug-likeness (QED) is 0.723. The van der Waals surface area contributed by atoms with Crippen LogP contribution in [-0.2, 0) is 15.9 Å². The van der Waals surface area contributed by atoms with Gasteiger partial charge in [0.1, 0.15) is 5.76 Å². The van der Waals surface area contributed by atoms with Crippen LogP contribution in [0.4, 0.5) is 0 Å². The van der Waals surface area contributed by atoms with E-state index < -0.39 is 0 Å². The molecule has 0 aliphatic carbocycles. The van der Waals surface area contributed by atoms with E-state index in [0.29, 0.717) is 0 Å². The Kier molecular flexibility index (Phi) is 5.30. The fraction of sp³-hybridized carbons (Fsp3) is 0.474. The van der Waals surface area contributed by atoms with Crippen LogP contribution in [0.5, 0.6) is 0 Å². The first kappa shape index (κ1) is 15.3. The summed E-state index contributed by atoms with van der Waals surface area (Å²) in [6.07, 6.45) is 7.22. The normalized spacial score (nSPS) is 18.5. The minimum Gasteiger partial charge on any atom is -0.464 e. The molecule has 1 aliphatic rings. The van der Waals surface area contributed by atoms with Crippen molar-refractivity contribution in [2.45, 2.75) is 45.3 Å². The standard InChI is InChI=1S/C19H24O3/c1-15-14-22-19(16-8-3-2-4-9-16)17(15)10-7-13-21-18-11-5-6-12-20-18/h2-4,8-9,14,18H,5-7,10-13H2,1H3. The lowest BCUT2D eigenvalue weighted by Crippen LogP contribution is -2.22. The molecule has 1 unspecified atom stereocenters. The fourth-order valence-electron chi connectivity index (χ4n) is 2.92. The van der Waals surface area contributed by atoms with Crippen molar-refractivity contribution in [2.24, 2.45) is 0 Å². The Morgan fingerprint density at radius 2 is 2.05 bits per heavy atom. The Labute approximate surface area is 132 Å². The van der Waals surface area contributed by atoms with E-state index in [0.717, 1.165) is 50.2 Å². The molecule has 1 saturated heterocycles. The van der Waals surface area contributed by atoms with Gasteiger partial charge in [0.05, 0.1) is 12.9 Å². The summed E-state index contributed by atoms with van der Waals surface area (Å²) in [5, 5.41) is 0. The molecule has 1 fully saturated rings. The highest BCUT2D eigenvalue weighted by Crippen LogP contribution is 2.29. The Morgan fingerprint density at radius 1 is 1.18 bits per heavy atom. The Balaban J connectivity index is 1.55. The molecule has 1 aromatic heterocycles. The Hall–Kier alpha value is -1.58. The molecule has 0 spiro atoms. The highest BCUT2D eigenvalue weighted by molar-refractivity contribution is 5.62. The first-order valence-corrected chi connectivity index (χ1v) is 8.20. The van der Waals surface area contributed by atoms with Crippen LogP contribution in [0, 0.1) is 6.92 Å². The van der Waals surface area contributed by atoms with Gasteiger partial charge in [0.25, 0.3) is 0 Å². The van der Waals surface area contributed by atoms with Gasteiger partial charge in [-0.1, -0.05) is 30.3 Å². The molecule has 0 radical (unpaired) electrons. The van der Waals surface area contributed by atoms with Crippen LogP contribution in [-0.4, -0.2) is 19.5 Å². The summed E-state index contributed by atoms with van der Waals surface area (Å²) in [5.74, 6) is 0.993. The van der Waals surface area contributed by atoms with Crippen molar-refractivity contribution >= 4 is 0 Å². The van der Waals surface area contributed by atoms with Gasteiger partial charge in [-0.25, -0.2) is 0 Å². The predicted molar refractivity (Wildman–Crippen MR) is 86.7 cm³/mol. The van der Waals surface area contributed by atoms with Gasteiger partial charge in [0.15, 0.2) is 6.29 Å². The molecule has 1 aliphatic heterocycles.